The summed E-state index contributed by atoms with van der Waals surface area (Å²) >= 11 is 0. The average molecular weight is 337 g/mol. The van der Waals surface area contributed by atoms with Crippen LogP contribution in [0.5, 0.6) is 0 Å². The second-order valence-electron chi connectivity index (χ2n) is 6.56. The van der Waals surface area contributed by atoms with E-state index in [4.69, 9.17) is 5.73 Å². The van der Waals surface area contributed by atoms with Crippen LogP contribution in [0.1, 0.15) is 32.1 Å². The Balaban J connectivity index is 1.78. The van der Waals surface area contributed by atoms with Gasteiger partial charge in [-0.1, -0.05) is 19.3 Å². The van der Waals surface area contributed by atoms with Gasteiger partial charge in [-0.05, 0) is 25.0 Å². The maximum atomic E-state index is 14.6. The van der Waals surface area contributed by atoms with Gasteiger partial charge in [-0.3, -0.25) is 4.98 Å². The Morgan fingerprint density at radius 3 is 2.68 bits per heavy atom. The summed E-state index contributed by atoms with van der Waals surface area (Å²) in [6.07, 6.45) is 10.7. The molecule has 3 aromatic rings. The van der Waals surface area contributed by atoms with Gasteiger partial charge in [0.05, 0.1) is 11.2 Å². The summed E-state index contributed by atoms with van der Waals surface area (Å²) in [5.74, 6) is 0.414. The zero-order chi connectivity index (χ0) is 17.2. The van der Waals surface area contributed by atoms with Crippen LogP contribution < -0.4 is 11.1 Å². The number of nitrogens with one attached hydrogen (secondary N) is 1. The summed E-state index contributed by atoms with van der Waals surface area (Å²) < 4.78 is 14.6. The van der Waals surface area contributed by atoms with Crippen molar-refractivity contribution >= 4 is 22.4 Å². The number of pyridine rings is 1. The standard InChI is InChI=1S/C19H20FN5/c20-17-8-18-16(7-15(17)12-6-13(21)10-22-9-12)19(24-11-23-18)25-14-4-2-1-3-5-14/h6-11,14H,1-5,21H2,(H,23,24,25). The highest BCUT2D eigenvalue weighted by atomic mass is 19.1. The molecule has 0 amide bonds. The minimum atomic E-state index is -0.345. The van der Waals surface area contributed by atoms with Crippen molar-refractivity contribution in [1.82, 2.24) is 15.0 Å². The molecule has 0 atom stereocenters. The van der Waals surface area contributed by atoms with Crippen LogP contribution >= 0.6 is 0 Å². The third kappa shape index (κ3) is 3.24. The Kier molecular flexibility index (Phi) is 4.17. The van der Waals surface area contributed by atoms with E-state index < -0.39 is 0 Å². The number of hydrogen-bond donors (Lipinski definition) is 2. The molecular formula is C19H20FN5. The molecule has 2 heterocycles. The van der Waals surface area contributed by atoms with Crippen LogP contribution in [0.2, 0.25) is 0 Å². The molecule has 25 heavy (non-hydrogen) atoms. The third-order valence-corrected chi connectivity index (χ3v) is 4.74. The quantitative estimate of drug-likeness (QED) is 0.750. The lowest BCUT2D eigenvalue weighted by Crippen LogP contribution is -2.23. The van der Waals surface area contributed by atoms with Gasteiger partial charge in [0.1, 0.15) is 18.0 Å². The molecule has 0 unspecified atom stereocenters. The molecular weight excluding hydrogens is 317 g/mol. The number of aromatic nitrogens is 3. The number of anilines is 2. The van der Waals surface area contributed by atoms with E-state index in [1.54, 1.807) is 24.5 Å². The van der Waals surface area contributed by atoms with Crippen molar-refractivity contribution in [3.63, 3.8) is 0 Å². The topological polar surface area (TPSA) is 76.7 Å². The fourth-order valence-electron chi connectivity index (χ4n) is 3.46. The van der Waals surface area contributed by atoms with Gasteiger partial charge in [-0.2, -0.15) is 0 Å². The number of rotatable bonds is 3. The van der Waals surface area contributed by atoms with E-state index in [0.717, 1.165) is 24.0 Å². The normalized spacial score (nSPS) is 15.4. The third-order valence-electron chi connectivity index (χ3n) is 4.74. The van der Waals surface area contributed by atoms with Crippen LogP contribution in [-0.4, -0.2) is 21.0 Å². The van der Waals surface area contributed by atoms with Crippen LogP contribution in [0.3, 0.4) is 0 Å². The smallest absolute Gasteiger partial charge is 0.137 e. The lowest BCUT2D eigenvalue weighted by Gasteiger charge is -2.23. The van der Waals surface area contributed by atoms with Crippen molar-refractivity contribution in [2.24, 2.45) is 0 Å². The number of benzene rings is 1. The van der Waals surface area contributed by atoms with Crippen molar-refractivity contribution in [2.45, 2.75) is 38.1 Å². The fraction of sp³-hybridized carbons (Fsp3) is 0.316. The lowest BCUT2D eigenvalue weighted by molar-refractivity contribution is 0.462. The van der Waals surface area contributed by atoms with E-state index in [9.17, 15) is 4.39 Å². The molecule has 0 saturated heterocycles. The Bertz CT molecular complexity index is 905. The Labute approximate surface area is 145 Å². The highest BCUT2D eigenvalue weighted by molar-refractivity contribution is 5.92. The van der Waals surface area contributed by atoms with Crippen molar-refractivity contribution in [1.29, 1.82) is 0 Å². The van der Waals surface area contributed by atoms with Gasteiger partial charge >= 0.3 is 0 Å². The lowest BCUT2D eigenvalue weighted by atomic mass is 9.95. The second-order valence-corrected chi connectivity index (χ2v) is 6.56. The van der Waals surface area contributed by atoms with Gasteiger partial charge in [0.15, 0.2) is 0 Å². The van der Waals surface area contributed by atoms with Gasteiger partial charge in [-0.15, -0.1) is 0 Å². The van der Waals surface area contributed by atoms with Crippen molar-refractivity contribution in [3.8, 4) is 11.1 Å². The van der Waals surface area contributed by atoms with Gasteiger partial charge in [-0.25, -0.2) is 14.4 Å². The van der Waals surface area contributed by atoms with Gasteiger partial charge in [0.2, 0.25) is 0 Å². The summed E-state index contributed by atoms with van der Waals surface area (Å²) in [7, 11) is 0. The minimum absolute atomic E-state index is 0.345. The van der Waals surface area contributed by atoms with Crippen LogP contribution in [-0.2, 0) is 0 Å². The average Bonchev–Trinajstić information content (AvgIpc) is 2.62. The van der Waals surface area contributed by atoms with Gasteiger partial charge in [0.25, 0.3) is 0 Å². The predicted octanol–water partition coefficient (Wildman–Crippen LogP) is 4.16. The summed E-state index contributed by atoms with van der Waals surface area (Å²) in [6.45, 7) is 0. The molecule has 2 aromatic heterocycles. The SMILES string of the molecule is Nc1cncc(-c2cc3c(NC4CCCCC4)ncnc3cc2F)c1. The van der Waals surface area contributed by atoms with Crippen LogP contribution in [0.4, 0.5) is 15.9 Å². The van der Waals surface area contributed by atoms with E-state index >= 15 is 0 Å². The Hall–Kier alpha value is -2.76. The number of nitrogens with two attached hydrogens (primary N) is 1. The number of nitrogens with zero attached hydrogens (tertiary/aromatic N) is 3. The van der Waals surface area contributed by atoms with Crippen LogP contribution in [0.25, 0.3) is 22.0 Å². The molecule has 1 aromatic carbocycles. The van der Waals surface area contributed by atoms with Gasteiger partial charge < -0.3 is 11.1 Å². The molecule has 1 fully saturated rings. The monoisotopic (exact) mass is 337 g/mol. The van der Waals surface area contributed by atoms with E-state index in [1.807, 2.05) is 0 Å². The number of hydrogen-bond acceptors (Lipinski definition) is 5. The summed E-state index contributed by atoms with van der Waals surface area (Å²) in [5.41, 5.74) is 7.98. The fourth-order valence-corrected chi connectivity index (χ4v) is 3.46. The second kappa shape index (κ2) is 6.63. The molecule has 5 nitrogen and oxygen atoms in total. The van der Waals surface area contributed by atoms with Crippen molar-refractivity contribution in [3.05, 3.63) is 42.7 Å². The van der Waals surface area contributed by atoms with E-state index in [-0.39, 0.29) is 5.82 Å². The maximum Gasteiger partial charge on any atom is 0.137 e. The first kappa shape index (κ1) is 15.7. The highest BCUT2D eigenvalue weighted by Gasteiger charge is 2.17. The Morgan fingerprint density at radius 2 is 1.88 bits per heavy atom. The minimum Gasteiger partial charge on any atom is -0.397 e. The first-order chi connectivity index (χ1) is 12.2. The zero-order valence-corrected chi connectivity index (χ0v) is 13.9. The highest BCUT2D eigenvalue weighted by Crippen LogP contribution is 2.31. The van der Waals surface area contributed by atoms with Crippen molar-refractivity contribution in [2.75, 3.05) is 11.1 Å². The Morgan fingerprint density at radius 1 is 1.04 bits per heavy atom. The molecule has 4 rings (SSSR count). The number of nitrogen functional groups attached to an aromatic ring is 1. The number of halogens is 1. The molecule has 1 saturated carbocycles. The molecule has 3 N–H and O–H groups in total. The first-order valence-electron chi connectivity index (χ1n) is 8.62. The predicted molar refractivity (Wildman–Crippen MR) is 97.6 cm³/mol. The molecule has 0 spiro atoms. The first-order valence-corrected chi connectivity index (χ1v) is 8.62. The summed E-state index contributed by atoms with van der Waals surface area (Å²) in [4.78, 5) is 12.7. The summed E-state index contributed by atoms with van der Waals surface area (Å²) in [5, 5.41) is 4.33. The number of fused-ring (bicyclic) bond motifs is 1. The van der Waals surface area contributed by atoms with Crippen LogP contribution in [0, 0.1) is 5.82 Å². The molecule has 0 radical (unpaired) electrons. The van der Waals surface area contributed by atoms with E-state index in [1.165, 1.54) is 31.7 Å². The molecule has 128 valence electrons. The molecule has 0 bridgehead atoms. The van der Waals surface area contributed by atoms with Crippen LogP contribution in [0.15, 0.2) is 36.9 Å². The maximum absolute atomic E-state index is 14.6. The van der Waals surface area contributed by atoms with Gasteiger partial charge in [0, 0.05) is 41.0 Å². The van der Waals surface area contributed by atoms with Crippen molar-refractivity contribution < 1.29 is 4.39 Å². The molecule has 0 aliphatic heterocycles. The van der Waals surface area contributed by atoms with E-state index in [2.05, 4.69) is 20.3 Å². The largest absolute Gasteiger partial charge is 0.397 e. The molecule has 1 aliphatic rings. The van der Waals surface area contributed by atoms with E-state index in [0.29, 0.717) is 28.4 Å². The zero-order valence-electron chi connectivity index (χ0n) is 13.9. The molecule has 6 heteroatoms. The summed E-state index contributed by atoms with van der Waals surface area (Å²) in [6, 6.07) is 5.36. The molecule has 1 aliphatic carbocycles.